The number of halogens is 4. The molecule has 0 amide bonds. The summed E-state index contributed by atoms with van der Waals surface area (Å²) in [6.07, 6.45) is 0. The van der Waals surface area contributed by atoms with Gasteiger partial charge in [-0.1, -0.05) is 18.2 Å². The first-order valence-electron chi connectivity index (χ1n) is 11.6. The van der Waals surface area contributed by atoms with Gasteiger partial charge < -0.3 is 14.6 Å². The molecule has 1 N–H and O–H groups in total. The third-order valence-electron chi connectivity index (χ3n) is 6.22. The molecule has 1 fully saturated rings. The molecular weight excluding hydrogens is 474 g/mol. The summed E-state index contributed by atoms with van der Waals surface area (Å²) in [7, 11) is 0. The lowest BCUT2D eigenvalue weighted by molar-refractivity contribution is 0.0668. The molecule has 1 saturated heterocycles. The van der Waals surface area contributed by atoms with E-state index in [0.29, 0.717) is 29.1 Å². The first-order chi connectivity index (χ1) is 17.4. The van der Waals surface area contributed by atoms with Gasteiger partial charge in [0.1, 0.15) is 30.5 Å². The number of allylic oxidation sites excluding steroid dienone is 1. The predicted octanol–water partition coefficient (Wildman–Crippen LogP) is 6.10. The molecule has 2 aliphatic heterocycles. The smallest absolute Gasteiger partial charge is 0.195 e. The Morgan fingerprint density at radius 1 is 0.972 bits per heavy atom. The van der Waals surface area contributed by atoms with Crippen LogP contribution < -0.4 is 9.47 Å². The van der Waals surface area contributed by atoms with Crippen LogP contribution in [0.15, 0.2) is 60.7 Å². The van der Waals surface area contributed by atoms with E-state index < -0.39 is 17.5 Å². The van der Waals surface area contributed by atoms with E-state index in [1.165, 1.54) is 18.2 Å². The molecule has 0 unspecified atom stereocenters. The van der Waals surface area contributed by atoms with Crippen molar-refractivity contribution in [3.63, 3.8) is 0 Å². The van der Waals surface area contributed by atoms with Crippen molar-refractivity contribution >= 4 is 11.1 Å². The Morgan fingerprint density at radius 3 is 2.44 bits per heavy atom. The first kappa shape index (κ1) is 25.6. The predicted molar refractivity (Wildman–Crippen MR) is 130 cm³/mol. The fraction of sp³-hybridized carbons (Fsp3) is 0.286. The van der Waals surface area contributed by atoms with Crippen LogP contribution >= 0.6 is 0 Å². The summed E-state index contributed by atoms with van der Waals surface area (Å²) in [6, 6.07) is 16.4. The number of para-hydroxylation sites is 1. The molecule has 4 nitrogen and oxygen atoms in total. The van der Waals surface area contributed by atoms with E-state index in [0.717, 1.165) is 31.5 Å². The molecular formula is C28H27F4NO3. The Hall–Kier alpha value is -3.52. The Kier molecular flexibility index (Phi) is 8.15. The van der Waals surface area contributed by atoms with Crippen LogP contribution in [-0.2, 0) is 0 Å². The van der Waals surface area contributed by atoms with Gasteiger partial charge in [0, 0.05) is 42.3 Å². The highest BCUT2D eigenvalue weighted by molar-refractivity contribution is 5.94. The molecule has 0 atom stereocenters. The second kappa shape index (κ2) is 11.5. The Balaban J connectivity index is 0.000000179. The molecule has 190 valence electrons. The van der Waals surface area contributed by atoms with Gasteiger partial charge in [-0.15, -0.1) is 0 Å². The second-order valence-electron chi connectivity index (χ2n) is 8.74. The van der Waals surface area contributed by atoms with Crippen molar-refractivity contribution in [3.8, 4) is 17.2 Å². The molecule has 0 radical (unpaired) electrons. The topological polar surface area (TPSA) is 41.9 Å². The van der Waals surface area contributed by atoms with Gasteiger partial charge in [-0.05, 0) is 55.0 Å². The number of likely N-dealkylation sites (tertiary alicyclic amines) is 1. The molecule has 3 aromatic rings. The minimum absolute atomic E-state index is 0.0413. The SMILES string of the molecule is CC1=C(c2ccc(F)c(F)c2F)COc2ccc(O)cc21.FCC1CN(CCOc2ccccc2)C1. The first-order valence-corrected chi connectivity index (χ1v) is 11.6. The molecule has 2 aliphatic rings. The summed E-state index contributed by atoms with van der Waals surface area (Å²) < 4.78 is 63.5. The number of hydrogen-bond acceptors (Lipinski definition) is 4. The quantitative estimate of drug-likeness (QED) is 0.328. The van der Waals surface area contributed by atoms with E-state index in [1.54, 1.807) is 13.0 Å². The Labute approximate surface area is 207 Å². The van der Waals surface area contributed by atoms with E-state index >= 15 is 0 Å². The summed E-state index contributed by atoms with van der Waals surface area (Å²) in [5.74, 6) is -2.21. The summed E-state index contributed by atoms with van der Waals surface area (Å²) in [5.41, 5.74) is 1.63. The highest BCUT2D eigenvalue weighted by Gasteiger charge is 2.26. The lowest BCUT2D eigenvalue weighted by Gasteiger charge is -2.37. The normalized spacial score (nSPS) is 15.4. The minimum Gasteiger partial charge on any atom is -0.508 e. The van der Waals surface area contributed by atoms with Gasteiger partial charge in [0.05, 0.1) is 6.67 Å². The average Bonchev–Trinajstić information content (AvgIpc) is 2.86. The maximum Gasteiger partial charge on any atom is 0.195 e. The number of phenolic OH excluding ortho intramolecular Hbond substituents is 1. The number of phenols is 1. The van der Waals surface area contributed by atoms with E-state index in [9.17, 15) is 22.7 Å². The molecule has 36 heavy (non-hydrogen) atoms. The van der Waals surface area contributed by atoms with Gasteiger partial charge in [-0.2, -0.15) is 0 Å². The molecule has 8 heteroatoms. The zero-order valence-electron chi connectivity index (χ0n) is 19.8. The summed E-state index contributed by atoms with van der Waals surface area (Å²) >= 11 is 0. The van der Waals surface area contributed by atoms with Gasteiger partial charge in [-0.25, -0.2) is 13.2 Å². The number of benzene rings is 3. The van der Waals surface area contributed by atoms with Crippen molar-refractivity contribution in [2.24, 2.45) is 5.92 Å². The van der Waals surface area contributed by atoms with Gasteiger partial charge in [0.25, 0.3) is 0 Å². The molecule has 0 aromatic heterocycles. The molecule has 5 rings (SSSR count). The van der Waals surface area contributed by atoms with Crippen LogP contribution in [-0.4, -0.2) is 49.5 Å². The van der Waals surface area contributed by atoms with Crippen molar-refractivity contribution < 1.29 is 32.1 Å². The van der Waals surface area contributed by atoms with E-state index in [2.05, 4.69) is 4.90 Å². The molecule has 0 bridgehead atoms. The van der Waals surface area contributed by atoms with Crippen molar-refractivity contribution in [2.45, 2.75) is 6.92 Å². The number of rotatable bonds is 6. The van der Waals surface area contributed by atoms with Crippen LogP contribution in [0.5, 0.6) is 17.2 Å². The largest absolute Gasteiger partial charge is 0.508 e. The van der Waals surface area contributed by atoms with Crippen molar-refractivity contribution in [1.82, 2.24) is 4.90 Å². The average molecular weight is 502 g/mol. The van der Waals surface area contributed by atoms with E-state index in [4.69, 9.17) is 9.47 Å². The Morgan fingerprint density at radius 2 is 1.72 bits per heavy atom. The number of aromatic hydroxyl groups is 1. The fourth-order valence-corrected chi connectivity index (χ4v) is 4.16. The number of fused-ring (bicyclic) bond motifs is 1. The second-order valence-corrected chi connectivity index (χ2v) is 8.74. The van der Waals surface area contributed by atoms with E-state index in [1.807, 2.05) is 30.3 Å². The number of alkyl halides is 1. The Bertz CT molecular complexity index is 1230. The van der Waals surface area contributed by atoms with Crippen LogP contribution in [0.3, 0.4) is 0 Å². The third kappa shape index (κ3) is 5.82. The van der Waals surface area contributed by atoms with Crippen molar-refractivity contribution in [2.75, 3.05) is 39.5 Å². The van der Waals surface area contributed by atoms with Crippen LogP contribution in [0, 0.1) is 23.4 Å². The fourth-order valence-electron chi connectivity index (χ4n) is 4.16. The van der Waals surface area contributed by atoms with Crippen LogP contribution in [0.2, 0.25) is 0 Å². The zero-order valence-corrected chi connectivity index (χ0v) is 19.8. The zero-order chi connectivity index (χ0) is 25.7. The van der Waals surface area contributed by atoms with E-state index in [-0.39, 0.29) is 30.5 Å². The highest BCUT2D eigenvalue weighted by atomic mass is 19.2. The minimum atomic E-state index is -1.51. The molecule has 0 saturated carbocycles. The van der Waals surface area contributed by atoms with Crippen LogP contribution in [0.25, 0.3) is 11.1 Å². The molecule has 0 aliphatic carbocycles. The van der Waals surface area contributed by atoms with Crippen molar-refractivity contribution in [3.05, 3.63) is 89.2 Å². The maximum absolute atomic E-state index is 13.9. The van der Waals surface area contributed by atoms with Crippen LogP contribution in [0.1, 0.15) is 18.1 Å². The van der Waals surface area contributed by atoms with Gasteiger partial charge in [0.15, 0.2) is 17.5 Å². The van der Waals surface area contributed by atoms with Crippen molar-refractivity contribution in [1.29, 1.82) is 0 Å². The molecule has 3 aromatic carbocycles. The maximum atomic E-state index is 13.9. The molecule has 0 spiro atoms. The summed E-state index contributed by atoms with van der Waals surface area (Å²) in [5, 5.41) is 9.54. The summed E-state index contributed by atoms with van der Waals surface area (Å²) in [6.45, 7) is 4.93. The monoisotopic (exact) mass is 501 g/mol. The standard InChI is InChI=1S/C16H11F3O2.C12H16FNO/c1-8-11-6-9(20)2-5-14(11)21-7-12(8)10-3-4-13(17)16(19)15(10)18;13-8-11-9-14(10-11)6-7-15-12-4-2-1-3-5-12/h2-6,20H,7H2,1H3;1-5,11H,6-10H2. The molecule has 2 heterocycles. The van der Waals surface area contributed by atoms with Gasteiger partial charge in [-0.3, -0.25) is 9.29 Å². The summed E-state index contributed by atoms with van der Waals surface area (Å²) in [4.78, 5) is 2.22. The highest BCUT2D eigenvalue weighted by Crippen LogP contribution is 2.39. The van der Waals surface area contributed by atoms with Gasteiger partial charge in [0.2, 0.25) is 0 Å². The number of hydrogen-bond donors (Lipinski definition) is 1. The lowest BCUT2D eigenvalue weighted by atomic mass is 9.93. The van der Waals surface area contributed by atoms with Crippen LogP contribution in [0.4, 0.5) is 17.6 Å². The third-order valence-corrected chi connectivity index (χ3v) is 6.22. The van der Waals surface area contributed by atoms with Gasteiger partial charge >= 0.3 is 0 Å². The number of ether oxygens (including phenoxy) is 2. The lowest BCUT2D eigenvalue weighted by Crippen LogP contribution is -2.49. The number of nitrogens with zero attached hydrogens (tertiary/aromatic N) is 1.